The van der Waals surface area contributed by atoms with E-state index in [2.05, 4.69) is 4.90 Å². The van der Waals surface area contributed by atoms with Gasteiger partial charge < -0.3 is 9.53 Å². The molecular formula is C13H23NO3. The highest BCUT2D eigenvalue weighted by atomic mass is 16.6. The Morgan fingerprint density at radius 3 is 2.41 bits per heavy atom. The lowest BCUT2D eigenvalue weighted by Gasteiger charge is -2.31. The van der Waals surface area contributed by atoms with Crippen LogP contribution in [0.4, 0.5) is 0 Å². The normalized spacial score (nSPS) is 19.0. The fraction of sp³-hybridized carbons (Fsp3) is 0.846. The SMILES string of the molecule is CC(C)(C)OC(=O)CN1CCC(CC=O)CC1. The maximum Gasteiger partial charge on any atom is 0.320 e. The van der Waals surface area contributed by atoms with Gasteiger partial charge in [-0.1, -0.05) is 0 Å². The molecule has 0 N–H and O–H groups in total. The van der Waals surface area contributed by atoms with Crippen molar-refractivity contribution in [3.8, 4) is 0 Å². The predicted molar refractivity (Wildman–Crippen MR) is 65.7 cm³/mol. The molecule has 1 rings (SSSR count). The van der Waals surface area contributed by atoms with Gasteiger partial charge in [0.25, 0.3) is 0 Å². The molecule has 1 aliphatic heterocycles. The molecular weight excluding hydrogens is 218 g/mol. The zero-order chi connectivity index (χ0) is 12.9. The second kappa shape index (κ2) is 6.15. The molecule has 4 heteroatoms. The van der Waals surface area contributed by atoms with Gasteiger partial charge in [-0.3, -0.25) is 9.69 Å². The van der Waals surface area contributed by atoms with Crippen molar-refractivity contribution in [3.63, 3.8) is 0 Å². The number of rotatable bonds is 4. The first-order valence-corrected chi connectivity index (χ1v) is 6.28. The summed E-state index contributed by atoms with van der Waals surface area (Å²) in [4.78, 5) is 24.1. The Hall–Kier alpha value is -0.900. The molecule has 0 aliphatic carbocycles. The zero-order valence-corrected chi connectivity index (χ0v) is 11.1. The Balaban J connectivity index is 2.26. The number of likely N-dealkylation sites (tertiary alicyclic amines) is 1. The molecule has 0 bridgehead atoms. The van der Waals surface area contributed by atoms with Crippen LogP contribution in [0.25, 0.3) is 0 Å². The summed E-state index contributed by atoms with van der Waals surface area (Å²) in [5.74, 6) is 0.341. The quantitative estimate of drug-likeness (QED) is 0.554. The number of carbonyl (C=O) groups excluding carboxylic acids is 2. The van der Waals surface area contributed by atoms with Crippen LogP contribution >= 0.6 is 0 Å². The van der Waals surface area contributed by atoms with Gasteiger partial charge in [-0.15, -0.1) is 0 Å². The Bertz CT molecular complexity index is 262. The molecule has 1 aliphatic rings. The summed E-state index contributed by atoms with van der Waals surface area (Å²) >= 11 is 0. The van der Waals surface area contributed by atoms with Crippen molar-refractivity contribution in [2.75, 3.05) is 19.6 Å². The van der Waals surface area contributed by atoms with Gasteiger partial charge in [-0.2, -0.15) is 0 Å². The Labute approximate surface area is 103 Å². The molecule has 0 unspecified atom stereocenters. The summed E-state index contributed by atoms with van der Waals surface area (Å²) in [6.45, 7) is 7.77. The molecule has 1 fully saturated rings. The van der Waals surface area contributed by atoms with Crippen LogP contribution in [0.2, 0.25) is 0 Å². The van der Waals surface area contributed by atoms with Gasteiger partial charge in [-0.05, 0) is 52.6 Å². The smallest absolute Gasteiger partial charge is 0.320 e. The Kier molecular flexibility index (Phi) is 5.12. The van der Waals surface area contributed by atoms with Crippen molar-refractivity contribution in [1.82, 2.24) is 4.90 Å². The molecule has 0 atom stereocenters. The first-order valence-electron chi connectivity index (χ1n) is 6.28. The molecule has 0 amide bonds. The maximum atomic E-state index is 11.6. The summed E-state index contributed by atoms with van der Waals surface area (Å²) in [7, 11) is 0. The fourth-order valence-electron chi connectivity index (χ4n) is 2.07. The number of hydrogen-bond donors (Lipinski definition) is 0. The Morgan fingerprint density at radius 1 is 1.35 bits per heavy atom. The highest BCUT2D eigenvalue weighted by Gasteiger charge is 2.23. The average Bonchev–Trinajstić information content (AvgIpc) is 2.18. The molecule has 0 aromatic heterocycles. The molecule has 0 radical (unpaired) electrons. The molecule has 17 heavy (non-hydrogen) atoms. The molecule has 4 nitrogen and oxygen atoms in total. The van der Waals surface area contributed by atoms with Crippen LogP contribution in [0.15, 0.2) is 0 Å². The second-order valence-corrected chi connectivity index (χ2v) is 5.71. The number of nitrogens with zero attached hydrogens (tertiary/aromatic N) is 1. The molecule has 0 saturated carbocycles. The fourth-order valence-corrected chi connectivity index (χ4v) is 2.07. The minimum absolute atomic E-state index is 0.161. The zero-order valence-electron chi connectivity index (χ0n) is 11.1. The van der Waals surface area contributed by atoms with Gasteiger partial charge >= 0.3 is 5.97 Å². The number of carbonyl (C=O) groups is 2. The maximum absolute atomic E-state index is 11.6. The van der Waals surface area contributed by atoms with Gasteiger partial charge in [0.1, 0.15) is 11.9 Å². The van der Waals surface area contributed by atoms with Crippen LogP contribution in [0.1, 0.15) is 40.0 Å². The third-order valence-corrected chi connectivity index (χ3v) is 2.91. The van der Waals surface area contributed by atoms with E-state index in [-0.39, 0.29) is 5.97 Å². The van der Waals surface area contributed by atoms with Crippen LogP contribution in [0, 0.1) is 5.92 Å². The highest BCUT2D eigenvalue weighted by Crippen LogP contribution is 2.19. The van der Waals surface area contributed by atoms with Crippen LogP contribution in [-0.2, 0) is 14.3 Å². The van der Waals surface area contributed by atoms with Crippen LogP contribution < -0.4 is 0 Å². The van der Waals surface area contributed by atoms with Crippen molar-refractivity contribution in [2.45, 2.75) is 45.6 Å². The molecule has 1 heterocycles. The van der Waals surface area contributed by atoms with E-state index in [4.69, 9.17) is 4.74 Å². The van der Waals surface area contributed by atoms with Gasteiger partial charge in [0, 0.05) is 6.42 Å². The number of ether oxygens (including phenoxy) is 1. The third-order valence-electron chi connectivity index (χ3n) is 2.91. The van der Waals surface area contributed by atoms with Crippen molar-refractivity contribution in [1.29, 1.82) is 0 Å². The number of esters is 1. The number of piperidine rings is 1. The van der Waals surface area contributed by atoms with E-state index < -0.39 is 5.60 Å². The number of hydrogen-bond acceptors (Lipinski definition) is 4. The lowest BCUT2D eigenvalue weighted by atomic mass is 9.94. The minimum Gasteiger partial charge on any atom is -0.459 e. The van der Waals surface area contributed by atoms with Gasteiger partial charge in [0.05, 0.1) is 6.54 Å². The van der Waals surface area contributed by atoms with E-state index in [1.807, 2.05) is 20.8 Å². The largest absolute Gasteiger partial charge is 0.459 e. The summed E-state index contributed by atoms with van der Waals surface area (Å²) in [6, 6.07) is 0. The van der Waals surface area contributed by atoms with Gasteiger partial charge in [0.2, 0.25) is 0 Å². The van der Waals surface area contributed by atoms with Gasteiger partial charge in [-0.25, -0.2) is 0 Å². The van der Waals surface area contributed by atoms with Crippen LogP contribution in [0.3, 0.4) is 0 Å². The molecule has 0 aromatic rings. The second-order valence-electron chi connectivity index (χ2n) is 5.71. The molecule has 1 saturated heterocycles. The average molecular weight is 241 g/mol. The van der Waals surface area contributed by atoms with Crippen molar-refractivity contribution in [2.24, 2.45) is 5.92 Å². The predicted octanol–water partition coefficient (Wildman–Crippen LogP) is 1.63. The van der Waals surface area contributed by atoms with Crippen LogP contribution in [-0.4, -0.2) is 42.4 Å². The topological polar surface area (TPSA) is 46.6 Å². The highest BCUT2D eigenvalue weighted by molar-refractivity contribution is 5.72. The molecule has 98 valence electrons. The summed E-state index contributed by atoms with van der Waals surface area (Å²) in [6.07, 6.45) is 3.65. The van der Waals surface area contributed by atoms with E-state index >= 15 is 0 Å². The first-order chi connectivity index (χ1) is 7.90. The van der Waals surface area contributed by atoms with E-state index in [0.29, 0.717) is 18.9 Å². The van der Waals surface area contributed by atoms with Crippen LogP contribution in [0.5, 0.6) is 0 Å². The third kappa shape index (κ3) is 5.82. The van der Waals surface area contributed by atoms with Crippen molar-refractivity contribution < 1.29 is 14.3 Å². The van der Waals surface area contributed by atoms with Crippen molar-refractivity contribution >= 4 is 12.3 Å². The standard InChI is InChI=1S/C13H23NO3/c1-13(2,3)17-12(16)10-14-7-4-11(5-8-14)6-9-15/h9,11H,4-8,10H2,1-3H3. The lowest BCUT2D eigenvalue weighted by molar-refractivity contribution is -0.156. The van der Waals surface area contributed by atoms with E-state index in [9.17, 15) is 9.59 Å². The van der Waals surface area contributed by atoms with E-state index in [0.717, 1.165) is 32.2 Å². The Morgan fingerprint density at radius 2 is 1.94 bits per heavy atom. The summed E-state index contributed by atoms with van der Waals surface area (Å²) in [5.41, 5.74) is -0.410. The van der Waals surface area contributed by atoms with E-state index in [1.54, 1.807) is 0 Å². The molecule has 0 spiro atoms. The first kappa shape index (κ1) is 14.2. The van der Waals surface area contributed by atoms with Gasteiger partial charge in [0.15, 0.2) is 0 Å². The number of aldehydes is 1. The van der Waals surface area contributed by atoms with Crippen molar-refractivity contribution in [3.05, 3.63) is 0 Å². The summed E-state index contributed by atoms with van der Waals surface area (Å²) < 4.78 is 5.28. The minimum atomic E-state index is -0.410. The lowest BCUT2D eigenvalue weighted by Crippen LogP contribution is -2.39. The molecule has 0 aromatic carbocycles. The summed E-state index contributed by atoms with van der Waals surface area (Å²) in [5, 5.41) is 0. The monoisotopic (exact) mass is 241 g/mol. The van der Waals surface area contributed by atoms with E-state index in [1.165, 1.54) is 0 Å².